The Morgan fingerprint density at radius 3 is 2.29 bits per heavy atom. The van der Waals surface area contributed by atoms with Crippen LogP contribution in [-0.4, -0.2) is 22.3 Å². The maximum absolute atomic E-state index is 13.7. The SMILES string of the molecule is CC(C)(C)NCCc1nnc(-c2c(F)cc(F)cc2F)s1. The van der Waals surface area contributed by atoms with Crippen LogP contribution in [0.1, 0.15) is 25.8 Å². The first kappa shape index (κ1) is 15.9. The second-order valence-corrected chi connectivity index (χ2v) is 6.73. The quantitative estimate of drug-likeness (QED) is 0.937. The molecule has 0 atom stereocenters. The Kier molecular flexibility index (Phi) is 4.63. The van der Waals surface area contributed by atoms with Gasteiger partial charge in [-0.25, -0.2) is 13.2 Å². The minimum Gasteiger partial charge on any atom is -0.312 e. The summed E-state index contributed by atoms with van der Waals surface area (Å²) in [4.78, 5) is 0. The number of nitrogens with zero attached hydrogens (tertiary/aromatic N) is 2. The molecule has 0 unspecified atom stereocenters. The summed E-state index contributed by atoms with van der Waals surface area (Å²) in [5.41, 5.74) is -0.341. The zero-order chi connectivity index (χ0) is 15.6. The molecule has 0 aliphatic heterocycles. The van der Waals surface area contributed by atoms with Gasteiger partial charge in [0.05, 0.1) is 5.56 Å². The van der Waals surface area contributed by atoms with Gasteiger partial charge in [-0.3, -0.25) is 0 Å². The molecule has 1 aromatic heterocycles. The first-order valence-electron chi connectivity index (χ1n) is 6.48. The van der Waals surface area contributed by atoms with Crippen LogP contribution in [-0.2, 0) is 6.42 Å². The normalized spacial score (nSPS) is 11.9. The summed E-state index contributed by atoms with van der Waals surface area (Å²) < 4.78 is 40.2. The zero-order valence-corrected chi connectivity index (χ0v) is 12.8. The van der Waals surface area contributed by atoms with E-state index in [1.807, 2.05) is 20.8 Å². The van der Waals surface area contributed by atoms with E-state index in [1.165, 1.54) is 0 Å². The van der Waals surface area contributed by atoms with E-state index in [4.69, 9.17) is 0 Å². The van der Waals surface area contributed by atoms with Gasteiger partial charge in [-0.2, -0.15) is 0 Å². The van der Waals surface area contributed by atoms with Crippen LogP contribution < -0.4 is 5.32 Å². The third kappa shape index (κ3) is 4.25. The molecule has 1 N–H and O–H groups in total. The van der Waals surface area contributed by atoms with Gasteiger partial charge in [0.2, 0.25) is 0 Å². The molecule has 0 spiro atoms. The fourth-order valence-corrected chi connectivity index (χ4v) is 2.63. The van der Waals surface area contributed by atoms with Gasteiger partial charge >= 0.3 is 0 Å². The van der Waals surface area contributed by atoms with Crippen molar-refractivity contribution in [3.05, 3.63) is 34.6 Å². The summed E-state index contributed by atoms with van der Waals surface area (Å²) in [6.45, 7) is 6.82. The summed E-state index contributed by atoms with van der Waals surface area (Å²) in [5, 5.41) is 11.8. The molecule has 0 radical (unpaired) electrons. The van der Waals surface area contributed by atoms with E-state index in [-0.39, 0.29) is 16.1 Å². The van der Waals surface area contributed by atoms with Gasteiger partial charge in [0.25, 0.3) is 0 Å². The Morgan fingerprint density at radius 1 is 1.10 bits per heavy atom. The lowest BCUT2D eigenvalue weighted by atomic mass is 10.1. The molecule has 2 aromatic rings. The van der Waals surface area contributed by atoms with Gasteiger partial charge in [0.1, 0.15) is 22.5 Å². The maximum Gasteiger partial charge on any atom is 0.153 e. The average Bonchev–Trinajstić information content (AvgIpc) is 2.74. The molecule has 0 bridgehead atoms. The van der Waals surface area contributed by atoms with Crippen molar-refractivity contribution < 1.29 is 13.2 Å². The van der Waals surface area contributed by atoms with Crippen LogP contribution in [0.25, 0.3) is 10.6 Å². The third-order valence-corrected chi connectivity index (χ3v) is 3.68. The second-order valence-electron chi connectivity index (χ2n) is 5.67. The highest BCUT2D eigenvalue weighted by Gasteiger charge is 2.18. The maximum atomic E-state index is 13.7. The lowest BCUT2D eigenvalue weighted by Gasteiger charge is -2.19. The van der Waals surface area contributed by atoms with E-state index in [2.05, 4.69) is 15.5 Å². The molecule has 3 nitrogen and oxygen atoms in total. The van der Waals surface area contributed by atoms with Gasteiger partial charge in [-0.05, 0) is 20.8 Å². The first-order chi connectivity index (χ1) is 9.76. The number of rotatable bonds is 4. The number of hydrogen-bond acceptors (Lipinski definition) is 4. The highest BCUT2D eigenvalue weighted by atomic mass is 32.1. The van der Waals surface area contributed by atoms with E-state index < -0.39 is 17.5 Å². The Hall–Kier alpha value is -1.47. The summed E-state index contributed by atoms with van der Waals surface area (Å²) in [6.07, 6.45) is 0.610. The van der Waals surface area contributed by atoms with Crippen molar-refractivity contribution in [2.24, 2.45) is 0 Å². The van der Waals surface area contributed by atoms with Gasteiger partial charge in [-0.15, -0.1) is 10.2 Å². The lowest BCUT2D eigenvalue weighted by Crippen LogP contribution is -2.37. The van der Waals surface area contributed by atoms with Crippen molar-refractivity contribution in [1.29, 1.82) is 0 Å². The zero-order valence-electron chi connectivity index (χ0n) is 12.0. The highest BCUT2D eigenvalue weighted by Crippen LogP contribution is 2.29. The van der Waals surface area contributed by atoms with Crippen LogP contribution in [0, 0.1) is 17.5 Å². The van der Waals surface area contributed by atoms with E-state index in [0.717, 1.165) is 11.3 Å². The molecule has 0 amide bonds. The molecule has 114 valence electrons. The number of benzene rings is 1. The van der Waals surface area contributed by atoms with Crippen LogP contribution in [0.5, 0.6) is 0 Å². The van der Waals surface area contributed by atoms with Crippen LogP contribution >= 0.6 is 11.3 Å². The molecule has 2 rings (SSSR count). The first-order valence-corrected chi connectivity index (χ1v) is 7.30. The number of halogens is 3. The minimum atomic E-state index is -0.969. The molecular formula is C14H16F3N3S. The summed E-state index contributed by atoms with van der Waals surface area (Å²) in [7, 11) is 0. The molecule has 0 aliphatic rings. The second kappa shape index (κ2) is 6.11. The molecule has 0 saturated carbocycles. The summed E-state index contributed by atoms with van der Waals surface area (Å²) in [5.74, 6) is -2.89. The van der Waals surface area contributed by atoms with Crippen molar-refractivity contribution in [3.63, 3.8) is 0 Å². The molecule has 1 heterocycles. The topological polar surface area (TPSA) is 37.8 Å². The van der Waals surface area contributed by atoms with Crippen LogP contribution in [0.15, 0.2) is 12.1 Å². The van der Waals surface area contributed by atoms with E-state index >= 15 is 0 Å². The van der Waals surface area contributed by atoms with E-state index in [0.29, 0.717) is 30.1 Å². The standard InChI is InChI=1S/C14H16F3N3S/c1-14(2,3)18-5-4-11-19-20-13(21-11)12-9(16)6-8(15)7-10(12)17/h6-7,18H,4-5H2,1-3H3. The van der Waals surface area contributed by atoms with Crippen molar-refractivity contribution in [2.45, 2.75) is 32.7 Å². The van der Waals surface area contributed by atoms with Crippen LogP contribution in [0.4, 0.5) is 13.2 Å². The Labute approximate surface area is 125 Å². The van der Waals surface area contributed by atoms with Gasteiger partial charge in [-0.1, -0.05) is 11.3 Å². The van der Waals surface area contributed by atoms with Crippen molar-refractivity contribution in [2.75, 3.05) is 6.54 Å². The Morgan fingerprint density at radius 2 is 1.71 bits per heavy atom. The lowest BCUT2D eigenvalue weighted by molar-refractivity contribution is 0.429. The molecule has 21 heavy (non-hydrogen) atoms. The largest absolute Gasteiger partial charge is 0.312 e. The monoisotopic (exact) mass is 315 g/mol. The summed E-state index contributed by atoms with van der Waals surface area (Å²) in [6, 6.07) is 1.28. The van der Waals surface area contributed by atoms with Crippen molar-refractivity contribution >= 4 is 11.3 Å². The molecule has 7 heteroatoms. The van der Waals surface area contributed by atoms with Gasteiger partial charge in [0, 0.05) is 30.6 Å². The fourth-order valence-electron chi connectivity index (χ4n) is 1.75. The van der Waals surface area contributed by atoms with Crippen LogP contribution in [0.2, 0.25) is 0 Å². The number of hydrogen-bond donors (Lipinski definition) is 1. The molecule has 0 fully saturated rings. The fraction of sp³-hybridized carbons (Fsp3) is 0.429. The molecular weight excluding hydrogens is 299 g/mol. The average molecular weight is 315 g/mol. The van der Waals surface area contributed by atoms with Gasteiger partial charge < -0.3 is 5.32 Å². The summed E-state index contributed by atoms with van der Waals surface area (Å²) >= 11 is 1.11. The molecule has 0 saturated heterocycles. The molecule has 0 aliphatic carbocycles. The molecule has 1 aromatic carbocycles. The van der Waals surface area contributed by atoms with E-state index in [1.54, 1.807) is 0 Å². The number of nitrogens with one attached hydrogen (secondary N) is 1. The van der Waals surface area contributed by atoms with Crippen molar-refractivity contribution in [1.82, 2.24) is 15.5 Å². The number of aromatic nitrogens is 2. The highest BCUT2D eigenvalue weighted by molar-refractivity contribution is 7.14. The Balaban J connectivity index is 2.13. The van der Waals surface area contributed by atoms with E-state index in [9.17, 15) is 13.2 Å². The smallest absolute Gasteiger partial charge is 0.153 e. The predicted octanol–water partition coefficient (Wildman–Crippen LogP) is 3.55. The predicted molar refractivity (Wildman–Crippen MR) is 76.7 cm³/mol. The van der Waals surface area contributed by atoms with Gasteiger partial charge in [0.15, 0.2) is 5.01 Å². The van der Waals surface area contributed by atoms with Crippen molar-refractivity contribution in [3.8, 4) is 10.6 Å². The Bertz CT molecular complexity index is 612. The third-order valence-electron chi connectivity index (χ3n) is 2.68. The minimum absolute atomic E-state index is 0.0112. The van der Waals surface area contributed by atoms with Crippen LogP contribution in [0.3, 0.4) is 0 Å².